The maximum absolute atomic E-state index is 9.71. The Morgan fingerprint density at radius 1 is 1.18 bits per heavy atom. The summed E-state index contributed by atoms with van der Waals surface area (Å²) in [6.45, 7) is 0.667. The molecule has 28 heavy (non-hydrogen) atoms. The van der Waals surface area contributed by atoms with Gasteiger partial charge in [-0.3, -0.25) is 0 Å². The molecule has 0 atom stereocenters. The van der Waals surface area contributed by atoms with E-state index in [4.69, 9.17) is 11.6 Å². The molecule has 0 saturated heterocycles. The molecule has 0 spiro atoms. The minimum atomic E-state index is 0.494. The summed E-state index contributed by atoms with van der Waals surface area (Å²) in [6.07, 6.45) is 2.46. The zero-order valence-corrected chi connectivity index (χ0v) is 16.4. The Kier molecular flexibility index (Phi) is 5.47. The first-order chi connectivity index (χ1) is 13.7. The second-order valence-electron chi connectivity index (χ2n) is 6.11. The van der Waals surface area contributed by atoms with Crippen LogP contribution in [-0.4, -0.2) is 16.5 Å². The topological polar surface area (TPSA) is 73.6 Å². The maximum atomic E-state index is 9.71. The third-order valence-corrected chi connectivity index (χ3v) is 5.50. The number of rotatable bonds is 5. The zero-order chi connectivity index (χ0) is 19.3. The molecule has 1 aromatic heterocycles. The summed E-state index contributed by atoms with van der Waals surface area (Å²) < 4.78 is 0. The van der Waals surface area contributed by atoms with Crippen molar-refractivity contribution >= 4 is 40.6 Å². The Morgan fingerprint density at radius 2 is 2.07 bits per heavy atom. The molecule has 5 nitrogen and oxygen atoms in total. The van der Waals surface area contributed by atoms with Gasteiger partial charge >= 0.3 is 0 Å². The van der Waals surface area contributed by atoms with Crippen molar-refractivity contribution in [1.29, 1.82) is 5.26 Å². The van der Waals surface area contributed by atoms with Crippen LogP contribution >= 0.6 is 23.4 Å². The van der Waals surface area contributed by atoms with Crippen molar-refractivity contribution in [2.24, 2.45) is 0 Å². The first-order valence-electron chi connectivity index (χ1n) is 8.73. The first kappa shape index (κ1) is 18.4. The molecule has 2 aromatic carbocycles. The Labute approximate surface area is 172 Å². The van der Waals surface area contributed by atoms with Gasteiger partial charge in [0.2, 0.25) is 5.95 Å². The monoisotopic (exact) mass is 405 g/mol. The highest BCUT2D eigenvalue weighted by atomic mass is 35.5. The smallest absolute Gasteiger partial charge is 0.223 e. The summed E-state index contributed by atoms with van der Waals surface area (Å²) in [5, 5.41) is 17.7. The third-order valence-electron chi connectivity index (χ3n) is 4.18. The van der Waals surface area contributed by atoms with Crippen molar-refractivity contribution in [2.75, 3.05) is 17.2 Å². The van der Waals surface area contributed by atoms with Crippen LogP contribution in [0.15, 0.2) is 70.7 Å². The normalized spacial score (nSPS) is 14.0. The molecule has 0 aliphatic carbocycles. The van der Waals surface area contributed by atoms with E-state index in [-0.39, 0.29) is 0 Å². The van der Waals surface area contributed by atoms with E-state index in [1.807, 2.05) is 48.5 Å². The number of hydrogen-bond acceptors (Lipinski definition) is 6. The number of nitriles is 1. The van der Waals surface area contributed by atoms with E-state index in [1.54, 1.807) is 12.3 Å². The molecule has 0 unspecified atom stereocenters. The largest absolute Gasteiger partial charge is 0.354 e. The number of benzene rings is 2. The predicted octanol–water partition coefficient (Wildman–Crippen LogP) is 5.19. The van der Waals surface area contributed by atoms with Gasteiger partial charge in [0.25, 0.3) is 0 Å². The molecule has 3 aromatic rings. The fourth-order valence-corrected chi connectivity index (χ4v) is 4.07. The SMILES string of the molecule is N#C/C(=C1/Nc2ccccc2S1)c1ccnc(NCCc2cccc(Cl)c2)n1. The van der Waals surface area contributed by atoms with Crippen LogP contribution in [0.2, 0.25) is 5.02 Å². The number of hydrogen-bond donors (Lipinski definition) is 2. The maximum Gasteiger partial charge on any atom is 0.223 e. The van der Waals surface area contributed by atoms with Gasteiger partial charge < -0.3 is 10.6 Å². The molecule has 2 heterocycles. The van der Waals surface area contributed by atoms with Crippen LogP contribution in [0.5, 0.6) is 0 Å². The molecular formula is C21H16ClN5S. The molecule has 138 valence electrons. The lowest BCUT2D eigenvalue weighted by Crippen LogP contribution is -2.09. The lowest BCUT2D eigenvalue weighted by molar-refractivity contribution is 0.981. The Hall–Kier alpha value is -3.01. The van der Waals surface area contributed by atoms with Gasteiger partial charge in [0.05, 0.1) is 16.4 Å². The van der Waals surface area contributed by atoms with Crippen molar-refractivity contribution < 1.29 is 0 Å². The molecule has 0 bridgehead atoms. The number of allylic oxidation sites excluding steroid dienone is 1. The highest BCUT2D eigenvalue weighted by molar-refractivity contribution is 8.04. The number of thioether (sulfide) groups is 1. The van der Waals surface area contributed by atoms with Crippen molar-refractivity contribution in [1.82, 2.24) is 9.97 Å². The first-order valence-corrected chi connectivity index (χ1v) is 9.92. The summed E-state index contributed by atoms with van der Waals surface area (Å²) in [7, 11) is 0. The molecule has 2 N–H and O–H groups in total. The van der Waals surface area contributed by atoms with E-state index in [0.717, 1.165) is 32.6 Å². The number of para-hydroxylation sites is 1. The number of anilines is 2. The molecule has 0 saturated carbocycles. The number of fused-ring (bicyclic) bond motifs is 1. The van der Waals surface area contributed by atoms with Crippen LogP contribution in [0.3, 0.4) is 0 Å². The molecule has 1 aliphatic heterocycles. The van der Waals surface area contributed by atoms with E-state index >= 15 is 0 Å². The van der Waals surface area contributed by atoms with Gasteiger partial charge in [-0.2, -0.15) is 5.26 Å². The second kappa shape index (κ2) is 8.34. The van der Waals surface area contributed by atoms with Crippen LogP contribution in [-0.2, 0) is 6.42 Å². The van der Waals surface area contributed by atoms with E-state index in [1.165, 1.54) is 11.8 Å². The van der Waals surface area contributed by atoms with Gasteiger partial charge in [0.1, 0.15) is 11.6 Å². The summed E-state index contributed by atoms with van der Waals surface area (Å²) >= 11 is 7.56. The van der Waals surface area contributed by atoms with E-state index in [0.29, 0.717) is 23.8 Å². The van der Waals surface area contributed by atoms with Crippen molar-refractivity contribution in [2.45, 2.75) is 11.3 Å². The fourth-order valence-electron chi connectivity index (χ4n) is 2.85. The molecular weight excluding hydrogens is 390 g/mol. The van der Waals surface area contributed by atoms with Crippen molar-refractivity contribution in [3.63, 3.8) is 0 Å². The molecule has 7 heteroatoms. The van der Waals surface area contributed by atoms with Gasteiger partial charge in [-0.15, -0.1) is 0 Å². The van der Waals surface area contributed by atoms with Crippen molar-refractivity contribution in [3.05, 3.63) is 82.1 Å². The quantitative estimate of drug-likeness (QED) is 0.568. The van der Waals surface area contributed by atoms with Gasteiger partial charge in [-0.1, -0.05) is 47.6 Å². The molecule has 0 radical (unpaired) electrons. The van der Waals surface area contributed by atoms with Gasteiger partial charge in [0, 0.05) is 22.7 Å². The summed E-state index contributed by atoms with van der Waals surface area (Å²) in [5.41, 5.74) is 3.23. The highest BCUT2D eigenvalue weighted by Gasteiger charge is 2.20. The highest BCUT2D eigenvalue weighted by Crippen LogP contribution is 2.43. The van der Waals surface area contributed by atoms with E-state index in [2.05, 4.69) is 26.7 Å². The van der Waals surface area contributed by atoms with E-state index < -0.39 is 0 Å². The lowest BCUT2D eigenvalue weighted by atomic mass is 10.1. The number of nitrogens with zero attached hydrogens (tertiary/aromatic N) is 3. The van der Waals surface area contributed by atoms with Crippen LogP contribution < -0.4 is 10.6 Å². The minimum Gasteiger partial charge on any atom is -0.354 e. The van der Waals surface area contributed by atoms with Gasteiger partial charge in [0.15, 0.2) is 0 Å². The Bertz CT molecular complexity index is 1060. The Balaban J connectivity index is 1.49. The third kappa shape index (κ3) is 4.11. The van der Waals surface area contributed by atoms with Crippen LogP contribution in [0.1, 0.15) is 11.3 Å². The zero-order valence-electron chi connectivity index (χ0n) is 14.8. The van der Waals surface area contributed by atoms with E-state index in [9.17, 15) is 5.26 Å². The van der Waals surface area contributed by atoms with Crippen LogP contribution in [0.4, 0.5) is 11.6 Å². The van der Waals surface area contributed by atoms with Crippen LogP contribution in [0.25, 0.3) is 5.57 Å². The molecule has 0 fully saturated rings. The average Bonchev–Trinajstić information content (AvgIpc) is 3.13. The Morgan fingerprint density at radius 3 is 2.89 bits per heavy atom. The number of aromatic nitrogens is 2. The predicted molar refractivity (Wildman–Crippen MR) is 114 cm³/mol. The minimum absolute atomic E-state index is 0.494. The second-order valence-corrected chi connectivity index (χ2v) is 7.60. The molecule has 4 rings (SSSR count). The number of halogens is 1. The standard InChI is InChI=1S/C21H16ClN5S/c22-15-5-3-4-14(12-15)8-10-24-21-25-11-9-17(27-21)16(13-23)20-26-18-6-1-2-7-19(18)28-20/h1-7,9,11-12,26H,8,10H2,(H,24,25,27)/b20-16+. The average molecular weight is 406 g/mol. The molecule has 0 amide bonds. The summed E-state index contributed by atoms with van der Waals surface area (Å²) in [4.78, 5) is 9.88. The summed E-state index contributed by atoms with van der Waals surface area (Å²) in [6, 6.07) is 19.8. The van der Waals surface area contributed by atoms with Crippen LogP contribution in [0, 0.1) is 11.3 Å². The molecule has 1 aliphatic rings. The lowest BCUT2D eigenvalue weighted by Gasteiger charge is -2.08. The van der Waals surface area contributed by atoms with Gasteiger partial charge in [-0.25, -0.2) is 9.97 Å². The summed E-state index contributed by atoms with van der Waals surface area (Å²) in [5.74, 6) is 0.494. The number of nitrogens with one attached hydrogen (secondary N) is 2. The van der Waals surface area contributed by atoms with Crippen molar-refractivity contribution in [3.8, 4) is 6.07 Å². The van der Waals surface area contributed by atoms with Gasteiger partial charge in [-0.05, 0) is 42.3 Å². The fraction of sp³-hybridized carbons (Fsp3) is 0.0952.